The SMILES string of the molecule is COC(=O)c1ncsc1S(=O)(=O)NCCC1CCOC1. The van der Waals surface area contributed by atoms with Gasteiger partial charge in [-0.3, -0.25) is 0 Å². The number of nitrogens with zero attached hydrogens (tertiary/aromatic N) is 1. The molecule has 0 radical (unpaired) electrons. The Labute approximate surface area is 121 Å². The molecule has 0 bridgehead atoms. The van der Waals surface area contributed by atoms with Crippen molar-refractivity contribution < 1.29 is 22.7 Å². The van der Waals surface area contributed by atoms with Crippen molar-refractivity contribution in [2.75, 3.05) is 26.9 Å². The third-order valence-corrected chi connectivity index (χ3v) is 5.86. The molecular formula is C11H16N2O5S2. The van der Waals surface area contributed by atoms with E-state index in [1.54, 1.807) is 0 Å². The smallest absolute Gasteiger partial charge is 0.358 e. The molecule has 20 heavy (non-hydrogen) atoms. The Kier molecular flexibility index (Phi) is 5.08. The largest absolute Gasteiger partial charge is 0.464 e. The molecule has 112 valence electrons. The lowest BCUT2D eigenvalue weighted by Crippen LogP contribution is -2.27. The molecule has 0 spiro atoms. The van der Waals surface area contributed by atoms with Gasteiger partial charge in [0.15, 0.2) is 9.90 Å². The fourth-order valence-corrected chi connectivity index (χ4v) is 4.16. The first-order valence-electron chi connectivity index (χ1n) is 6.14. The van der Waals surface area contributed by atoms with E-state index in [0.29, 0.717) is 25.5 Å². The summed E-state index contributed by atoms with van der Waals surface area (Å²) < 4.78 is 36.4. The number of hydrogen-bond donors (Lipinski definition) is 1. The van der Waals surface area contributed by atoms with Crippen LogP contribution in [0.2, 0.25) is 0 Å². The van der Waals surface area contributed by atoms with Crippen LogP contribution in [0.25, 0.3) is 0 Å². The minimum Gasteiger partial charge on any atom is -0.464 e. The van der Waals surface area contributed by atoms with Crippen molar-refractivity contribution in [3.8, 4) is 0 Å². The van der Waals surface area contributed by atoms with Crippen molar-refractivity contribution in [3.05, 3.63) is 11.2 Å². The molecule has 2 heterocycles. The fourth-order valence-electron chi connectivity index (χ4n) is 1.93. The highest BCUT2D eigenvalue weighted by atomic mass is 32.2. The Morgan fingerprint density at radius 2 is 2.45 bits per heavy atom. The molecule has 1 aromatic rings. The zero-order valence-electron chi connectivity index (χ0n) is 11.0. The van der Waals surface area contributed by atoms with Gasteiger partial charge in [0, 0.05) is 19.8 Å². The van der Waals surface area contributed by atoms with Gasteiger partial charge < -0.3 is 9.47 Å². The van der Waals surface area contributed by atoms with Crippen LogP contribution in [0, 0.1) is 5.92 Å². The second-order valence-electron chi connectivity index (χ2n) is 4.40. The number of thiazole rings is 1. The van der Waals surface area contributed by atoms with E-state index in [9.17, 15) is 13.2 Å². The van der Waals surface area contributed by atoms with Crippen LogP contribution in [0.3, 0.4) is 0 Å². The van der Waals surface area contributed by atoms with Crippen LogP contribution in [0.4, 0.5) is 0 Å². The molecule has 0 aliphatic carbocycles. The predicted octanol–water partition coefficient (Wildman–Crippen LogP) is 0.635. The monoisotopic (exact) mass is 320 g/mol. The van der Waals surface area contributed by atoms with Crippen molar-refractivity contribution in [2.24, 2.45) is 5.92 Å². The van der Waals surface area contributed by atoms with E-state index in [0.717, 1.165) is 24.4 Å². The Morgan fingerprint density at radius 1 is 1.65 bits per heavy atom. The minimum absolute atomic E-state index is 0.105. The predicted molar refractivity (Wildman–Crippen MR) is 72.2 cm³/mol. The maximum atomic E-state index is 12.1. The average Bonchev–Trinajstić information content (AvgIpc) is 3.08. The van der Waals surface area contributed by atoms with E-state index < -0.39 is 16.0 Å². The summed E-state index contributed by atoms with van der Waals surface area (Å²) in [6, 6.07) is 0. The topological polar surface area (TPSA) is 94.6 Å². The zero-order valence-corrected chi connectivity index (χ0v) is 12.6. The third kappa shape index (κ3) is 3.54. The number of aromatic nitrogens is 1. The molecule has 1 fully saturated rings. The second-order valence-corrected chi connectivity index (χ2v) is 7.21. The average molecular weight is 320 g/mol. The molecule has 9 heteroatoms. The van der Waals surface area contributed by atoms with Gasteiger partial charge in [-0.05, 0) is 18.8 Å². The van der Waals surface area contributed by atoms with Gasteiger partial charge >= 0.3 is 5.97 Å². The quantitative estimate of drug-likeness (QED) is 0.773. The van der Waals surface area contributed by atoms with Crippen molar-refractivity contribution in [3.63, 3.8) is 0 Å². The van der Waals surface area contributed by atoms with Gasteiger partial charge in [0.1, 0.15) is 0 Å². The van der Waals surface area contributed by atoms with Crippen molar-refractivity contribution in [1.82, 2.24) is 9.71 Å². The summed E-state index contributed by atoms with van der Waals surface area (Å²) in [6.07, 6.45) is 1.67. The maximum Gasteiger partial charge on any atom is 0.358 e. The van der Waals surface area contributed by atoms with Crippen molar-refractivity contribution >= 4 is 27.3 Å². The van der Waals surface area contributed by atoms with E-state index in [4.69, 9.17) is 4.74 Å². The lowest BCUT2D eigenvalue weighted by Gasteiger charge is -2.09. The molecule has 0 aromatic carbocycles. The molecule has 1 saturated heterocycles. The highest BCUT2D eigenvalue weighted by Crippen LogP contribution is 2.21. The van der Waals surface area contributed by atoms with E-state index in [1.807, 2.05) is 0 Å². The number of hydrogen-bond acceptors (Lipinski definition) is 7. The lowest BCUT2D eigenvalue weighted by atomic mass is 10.1. The van der Waals surface area contributed by atoms with Crippen LogP contribution >= 0.6 is 11.3 Å². The number of methoxy groups -OCH3 is 1. The molecule has 1 aliphatic rings. The molecule has 1 unspecified atom stereocenters. The van der Waals surface area contributed by atoms with Crippen LogP contribution in [-0.4, -0.2) is 46.2 Å². The highest BCUT2D eigenvalue weighted by molar-refractivity contribution is 7.91. The first-order chi connectivity index (χ1) is 9.54. The van der Waals surface area contributed by atoms with Gasteiger partial charge in [-0.25, -0.2) is 22.9 Å². The Morgan fingerprint density at radius 3 is 3.10 bits per heavy atom. The summed E-state index contributed by atoms with van der Waals surface area (Å²) in [5, 5.41) is 0. The molecule has 2 rings (SSSR count). The number of carbonyl (C=O) groups excluding carboxylic acids is 1. The first-order valence-corrected chi connectivity index (χ1v) is 8.50. The van der Waals surface area contributed by atoms with Crippen molar-refractivity contribution in [2.45, 2.75) is 17.1 Å². The van der Waals surface area contributed by atoms with E-state index in [-0.39, 0.29) is 9.90 Å². The summed E-state index contributed by atoms with van der Waals surface area (Å²) in [5.41, 5.74) is 1.14. The van der Waals surface area contributed by atoms with Crippen LogP contribution in [0.1, 0.15) is 23.3 Å². The summed E-state index contributed by atoms with van der Waals surface area (Å²) in [7, 11) is -2.54. The number of carbonyl (C=O) groups is 1. The number of nitrogens with one attached hydrogen (secondary N) is 1. The normalized spacial score (nSPS) is 19.1. The van der Waals surface area contributed by atoms with Gasteiger partial charge in [-0.1, -0.05) is 0 Å². The molecule has 7 nitrogen and oxygen atoms in total. The van der Waals surface area contributed by atoms with E-state index in [2.05, 4.69) is 14.4 Å². The lowest BCUT2D eigenvalue weighted by molar-refractivity contribution is 0.0590. The number of esters is 1. The summed E-state index contributed by atoms with van der Waals surface area (Å²) in [5.74, 6) is -0.366. The number of rotatable bonds is 6. The van der Waals surface area contributed by atoms with Crippen LogP contribution in [0.15, 0.2) is 9.72 Å². The number of sulfonamides is 1. The molecule has 0 saturated carbocycles. The molecule has 1 N–H and O–H groups in total. The highest BCUT2D eigenvalue weighted by Gasteiger charge is 2.26. The Bertz CT molecular complexity index is 563. The third-order valence-electron chi connectivity index (χ3n) is 3.03. The van der Waals surface area contributed by atoms with Gasteiger partial charge in [0.2, 0.25) is 0 Å². The molecule has 1 atom stereocenters. The molecular weight excluding hydrogens is 304 g/mol. The summed E-state index contributed by atoms with van der Waals surface area (Å²) >= 11 is 0.896. The van der Waals surface area contributed by atoms with E-state index >= 15 is 0 Å². The minimum atomic E-state index is -3.73. The molecule has 1 aromatic heterocycles. The Balaban J connectivity index is 1.99. The Hall–Kier alpha value is -1.03. The fraction of sp³-hybridized carbons (Fsp3) is 0.636. The summed E-state index contributed by atoms with van der Waals surface area (Å²) in [4.78, 5) is 15.2. The van der Waals surface area contributed by atoms with Crippen LogP contribution < -0.4 is 4.72 Å². The van der Waals surface area contributed by atoms with Crippen LogP contribution in [-0.2, 0) is 19.5 Å². The number of ether oxygens (including phenoxy) is 2. The molecule has 1 aliphatic heterocycles. The van der Waals surface area contributed by atoms with Crippen molar-refractivity contribution in [1.29, 1.82) is 0 Å². The van der Waals surface area contributed by atoms with Gasteiger partial charge in [-0.2, -0.15) is 0 Å². The molecule has 0 amide bonds. The standard InChI is InChI=1S/C11H16N2O5S2/c1-17-10(14)9-11(19-7-12-9)20(15,16)13-4-2-8-3-5-18-6-8/h7-8,13H,2-6H2,1H3. The maximum absolute atomic E-state index is 12.1. The van der Waals surface area contributed by atoms with Gasteiger partial charge in [0.25, 0.3) is 10.0 Å². The van der Waals surface area contributed by atoms with Crippen LogP contribution in [0.5, 0.6) is 0 Å². The zero-order chi connectivity index (χ0) is 14.6. The van der Waals surface area contributed by atoms with E-state index in [1.165, 1.54) is 12.6 Å². The van der Waals surface area contributed by atoms with Gasteiger partial charge in [0.05, 0.1) is 12.6 Å². The van der Waals surface area contributed by atoms with Gasteiger partial charge in [-0.15, -0.1) is 11.3 Å². The second kappa shape index (κ2) is 6.61. The first kappa shape index (κ1) is 15.4. The summed E-state index contributed by atoms with van der Waals surface area (Å²) in [6.45, 7) is 1.73.